The second-order valence-electron chi connectivity index (χ2n) is 5.29. The van der Waals surface area contributed by atoms with Crippen LogP contribution < -0.4 is 4.74 Å². The van der Waals surface area contributed by atoms with Crippen LogP contribution in [0.3, 0.4) is 0 Å². The van der Waals surface area contributed by atoms with E-state index in [1.807, 2.05) is 6.92 Å². The van der Waals surface area contributed by atoms with Gasteiger partial charge >= 0.3 is 11.9 Å². The molecule has 5 heteroatoms. The van der Waals surface area contributed by atoms with Crippen LogP contribution in [0.25, 0.3) is 0 Å². The Labute approximate surface area is 130 Å². The molecule has 1 aromatic carbocycles. The Bertz CT molecular complexity index is 497. The van der Waals surface area contributed by atoms with Gasteiger partial charge in [0.25, 0.3) is 0 Å². The summed E-state index contributed by atoms with van der Waals surface area (Å²) in [7, 11) is 0. The second-order valence-corrected chi connectivity index (χ2v) is 5.70. The maximum Gasteiger partial charge on any atom is 0.311 e. The summed E-state index contributed by atoms with van der Waals surface area (Å²) in [5, 5.41) is 0.614. The van der Waals surface area contributed by atoms with Crippen molar-refractivity contribution in [3.05, 3.63) is 28.8 Å². The molecule has 0 unspecified atom stereocenters. The Hall–Kier alpha value is -1.55. The number of rotatable bonds is 7. The Morgan fingerprint density at radius 3 is 2.48 bits per heavy atom. The van der Waals surface area contributed by atoms with Crippen LogP contribution >= 0.6 is 11.6 Å². The molecule has 0 radical (unpaired) electrons. The van der Waals surface area contributed by atoms with E-state index in [0.29, 0.717) is 23.3 Å². The van der Waals surface area contributed by atoms with Crippen LogP contribution in [0.2, 0.25) is 5.02 Å². The second kappa shape index (κ2) is 8.67. The van der Waals surface area contributed by atoms with E-state index in [-0.39, 0.29) is 18.8 Å². The molecule has 116 valence electrons. The van der Waals surface area contributed by atoms with Crippen molar-refractivity contribution in [1.82, 2.24) is 0 Å². The van der Waals surface area contributed by atoms with Crippen molar-refractivity contribution >= 4 is 23.5 Å². The Kier molecular flexibility index (Phi) is 7.23. The van der Waals surface area contributed by atoms with Gasteiger partial charge in [-0.15, -0.1) is 0 Å². The van der Waals surface area contributed by atoms with E-state index in [1.54, 1.807) is 18.2 Å². The van der Waals surface area contributed by atoms with Gasteiger partial charge in [-0.25, -0.2) is 0 Å². The average molecular weight is 313 g/mol. The minimum atomic E-state index is -0.461. The SMILES string of the molecule is Cc1cc(OC(=O)CCC(=O)OCCC(C)C)ccc1Cl. The molecule has 0 amide bonds. The fourth-order valence-electron chi connectivity index (χ4n) is 1.55. The van der Waals surface area contributed by atoms with E-state index in [1.165, 1.54) is 0 Å². The number of esters is 2. The first kappa shape index (κ1) is 17.5. The Morgan fingerprint density at radius 1 is 1.19 bits per heavy atom. The van der Waals surface area contributed by atoms with Gasteiger partial charge in [0, 0.05) is 5.02 Å². The van der Waals surface area contributed by atoms with Gasteiger partial charge < -0.3 is 9.47 Å². The molecule has 1 rings (SSSR count). The van der Waals surface area contributed by atoms with Crippen molar-refractivity contribution in [2.75, 3.05) is 6.61 Å². The summed E-state index contributed by atoms with van der Waals surface area (Å²) in [6, 6.07) is 4.97. The zero-order valence-electron chi connectivity index (χ0n) is 12.6. The molecule has 0 heterocycles. The maximum absolute atomic E-state index is 11.6. The molecule has 21 heavy (non-hydrogen) atoms. The summed E-state index contributed by atoms with van der Waals surface area (Å²) in [5.74, 6) is 0.0726. The molecule has 0 saturated carbocycles. The molecule has 0 atom stereocenters. The highest BCUT2D eigenvalue weighted by Crippen LogP contribution is 2.21. The standard InChI is InChI=1S/C16H21ClO4/c1-11(2)8-9-20-15(18)6-7-16(19)21-13-4-5-14(17)12(3)10-13/h4-5,10-11H,6-9H2,1-3H3. The minimum absolute atomic E-state index is 0.00217. The lowest BCUT2D eigenvalue weighted by Crippen LogP contribution is -2.13. The third-order valence-electron chi connectivity index (χ3n) is 2.85. The predicted octanol–water partition coefficient (Wildman–Crippen LogP) is 3.92. The summed E-state index contributed by atoms with van der Waals surface area (Å²) in [6.07, 6.45) is 0.853. The summed E-state index contributed by atoms with van der Waals surface area (Å²) < 4.78 is 10.2. The summed E-state index contributed by atoms with van der Waals surface area (Å²) in [5.41, 5.74) is 0.829. The normalized spacial score (nSPS) is 10.5. The van der Waals surface area contributed by atoms with Gasteiger partial charge in [-0.2, -0.15) is 0 Å². The average Bonchev–Trinajstić information content (AvgIpc) is 2.40. The molecule has 0 N–H and O–H groups in total. The molecule has 0 saturated heterocycles. The first-order valence-corrected chi connectivity index (χ1v) is 7.38. The van der Waals surface area contributed by atoms with Crippen LogP contribution in [0, 0.1) is 12.8 Å². The number of ether oxygens (including phenoxy) is 2. The Morgan fingerprint density at radius 2 is 1.86 bits per heavy atom. The lowest BCUT2D eigenvalue weighted by molar-refractivity contribution is -0.147. The van der Waals surface area contributed by atoms with E-state index in [2.05, 4.69) is 13.8 Å². The highest BCUT2D eigenvalue weighted by molar-refractivity contribution is 6.31. The zero-order chi connectivity index (χ0) is 15.8. The van der Waals surface area contributed by atoms with Crippen LogP contribution in [0.4, 0.5) is 0 Å². The highest BCUT2D eigenvalue weighted by atomic mass is 35.5. The van der Waals surface area contributed by atoms with Crippen LogP contribution in [-0.4, -0.2) is 18.5 Å². The van der Waals surface area contributed by atoms with Gasteiger partial charge in [-0.05, 0) is 43.0 Å². The van der Waals surface area contributed by atoms with Crippen molar-refractivity contribution in [3.63, 3.8) is 0 Å². The third kappa shape index (κ3) is 7.14. The number of carbonyl (C=O) groups is 2. The monoisotopic (exact) mass is 312 g/mol. The molecule has 0 spiro atoms. The van der Waals surface area contributed by atoms with Gasteiger partial charge in [0.05, 0.1) is 19.4 Å². The van der Waals surface area contributed by atoms with Crippen LogP contribution in [0.1, 0.15) is 38.7 Å². The van der Waals surface area contributed by atoms with Crippen LogP contribution in [0.5, 0.6) is 5.75 Å². The van der Waals surface area contributed by atoms with Crippen LogP contribution in [0.15, 0.2) is 18.2 Å². The fourth-order valence-corrected chi connectivity index (χ4v) is 1.67. The van der Waals surface area contributed by atoms with Crippen molar-refractivity contribution in [3.8, 4) is 5.75 Å². The first-order chi connectivity index (χ1) is 9.88. The maximum atomic E-state index is 11.6. The lowest BCUT2D eigenvalue weighted by atomic mass is 10.1. The number of hydrogen-bond donors (Lipinski definition) is 0. The van der Waals surface area contributed by atoms with Crippen molar-refractivity contribution < 1.29 is 19.1 Å². The third-order valence-corrected chi connectivity index (χ3v) is 3.28. The van der Waals surface area contributed by atoms with Crippen molar-refractivity contribution in [2.45, 2.75) is 40.0 Å². The number of hydrogen-bond acceptors (Lipinski definition) is 4. The highest BCUT2D eigenvalue weighted by Gasteiger charge is 2.11. The predicted molar refractivity (Wildman–Crippen MR) is 81.5 cm³/mol. The number of halogens is 1. The van der Waals surface area contributed by atoms with E-state index in [9.17, 15) is 9.59 Å². The van der Waals surface area contributed by atoms with Gasteiger partial charge in [-0.1, -0.05) is 25.4 Å². The van der Waals surface area contributed by atoms with E-state index >= 15 is 0 Å². The summed E-state index contributed by atoms with van der Waals surface area (Å²) >= 11 is 5.89. The van der Waals surface area contributed by atoms with Crippen molar-refractivity contribution in [1.29, 1.82) is 0 Å². The van der Waals surface area contributed by atoms with Gasteiger partial charge in [-0.3, -0.25) is 9.59 Å². The van der Waals surface area contributed by atoms with Gasteiger partial charge in [0.15, 0.2) is 0 Å². The number of carbonyl (C=O) groups excluding carboxylic acids is 2. The van der Waals surface area contributed by atoms with E-state index in [0.717, 1.165) is 12.0 Å². The van der Waals surface area contributed by atoms with E-state index in [4.69, 9.17) is 21.1 Å². The largest absolute Gasteiger partial charge is 0.466 e. The van der Waals surface area contributed by atoms with Crippen molar-refractivity contribution in [2.24, 2.45) is 5.92 Å². The quantitative estimate of drug-likeness (QED) is 0.565. The molecule has 0 aliphatic rings. The first-order valence-electron chi connectivity index (χ1n) is 7.01. The van der Waals surface area contributed by atoms with Gasteiger partial charge in [0.1, 0.15) is 5.75 Å². The molecule has 0 aliphatic heterocycles. The Balaban J connectivity index is 2.30. The number of benzene rings is 1. The summed E-state index contributed by atoms with van der Waals surface area (Å²) in [6.45, 7) is 6.33. The molecular formula is C16H21ClO4. The molecule has 1 aromatic rings. The van der Waals surface area contributed by atoms with Gasteiger partial charge in [0.2, 0.25) is 0 Å². The molecule has 0 fully saturated rings. The molecule has 0 bridgehead atoms. The molecule has 0 aromatic heterocycles. The van der Waals surface area contributed by atoms with E-state index < -0.39 is 5.97 Å². The summed E-state index contributed by atoms with van der Waals surface area (Å²) in [4.78, 5) is 23.1. The topological polar surface area (TPSA) is 52.6 Å². The fraction of sp³-hybridized carbons (Fsp3) is 0.500. The minimum Gasteiger partial charge on any atom is -0.466 e. The molecule has 4 nitrogen and oxygen atoms in total. The molecular weight excluding hydrogens is 292 g/mol. The number of aryl methyl sites for hydroxylation is 1. The smallest absolute Gasteiger partial charge is 0.311 e. The molecule has 0 aliphatic carbocycles. The zero-order valence-corrected chi connectivity index (χ0v) is 13.4. The van der Waals surface area contributed by atoms with Crippen LogP contribution in [-0.2, 0) is 14.3 Å². The lowest BCUT2D eigenvalue weighted by Gasteiger charge is -2.07.